The van der Waals surface area contributed by atoms with Gasteiger partial charge in [0.2, 0.25) is 21.8 Å². The minimum Gasteiger partial charge on any atom is -0.493 e. The Hall–Kier alpha value is -3.51. The average molecular weight is 434 g/mol. The maximum atomic E-state index is 12.7. The van der Waals surface area contributed by atoms with Crippen LogP contribution in [-0.2, 0) is 16.6 Å². The fourth-order valence-electron chi connectivity index (χ4n) is 2.62. The Balaban J connectivity index is 1.82. The Bertz CT molecular complexity index is 1180. The molecule has 0 atom stereocenters. The van der Waals surface area contributed by atoms with E-state index in [1.807, 2.05) is 0 Å². The lowest BCUT2D eigenvalue weighted by atomic mass is 10.2. The zero-order valence-electron chi connectivity index (χ0n) is 16.3. The number of rotatable bonds is 8. The number of hydrogen-bond donors (Lipinski definition) is 0. The third kappa shape index (κ3) is 4.23. The van der Waals surface area contributed by atoms with Gasteiger partial charge in [-0.25, -0.2) is 8.42 Å². The number of ether oxygens (including phenoxy) is 2. The van der Waals surface area contributed by atoms with Crippen LogP contribution in [0.5, 0.6) is 11.5 Å². The highest BCUT2D eigenvalue weighted by atomic mass is 32.2. The van der Waals surface area contributed by atoms with E-state index in [1.165, 1.54) is 39.5 Å². The van der Waals surface area contributed by atoms with Gasteiger partial charge in [0.15, 0.2) is 11.5 Å². The van der Waals surface area contributed by atoms with Crippen molar-refractivity contribution in [2.24, 2.45) is 0 Å². The first-order valence-corrected chi connectivity index (χ1v) is 9.96. The minimum absolute atomic E-state index is 0.0521. The molecule has 12 heteroatoms. The van der Waals surface area contributed by atoms with Crippen LogP contribution < -0.4 is 9.47 Å². The van der Waals surface area contributed by atoms with Crippen molar-refractivity contribution in [3.8, 4) is 23.0 Å². The predicted octanol–water partition coefficient (Wildman–Crippen LogP) is 2.48. The van der Waals surface area contributed by atoms with E-state index in [1.54, 1.807) is 18.2 Å². The first-order chi connectivity index (χ1) is 14.3. The van der Waals surface area contributed by atoms with E-state index < -0.39 is 14.9 Å². The molecule has 1 heterocycles. The van der Waals surface area contributed by atoms with Crippen molar-refractivity contribution in [2.45, 2.75) is 11.4 Å². The summed E-state index contributed by atoms with van der Waals surface area (Å²) in [6.07, 6.45) is 0. The van der Waals surface area contributed by atoms with Crippen molar-refractivity contribution in [3.63, 3.8) is 0 Å². The van der Waals surface area contributed by atoms with Crippen molar-refractivity contribution in [2.75, 3.05) is 21.3 Å². The molecule has 158 valence electrons. The Kier molecular flexibility index (Phi) is 5.99. The van der Waals surface area contributed by atoms with Crippen molar-refractivity contribution in [1.29, 1.82) is 0 Å². The van der Waals surface area contributed by atoms with Gasteiger partial charge in [0.25, 0.3) is 5.69 Å². The molecule has 3 rings (SSSR count). The van der Waals surface area contributed by atoms with Crippen LogP contribution in [-0.4, -0.2) is 49.1 Å². The number of nitro benzene ring substituents is 1. The maximum absolute atomic E-state index is 12.7. The first-order valence-electron chi connectivity index (χ1n) is 8.52. The molecule has 0 aliphatic heterocycles. The van der Waals surface area contributed by atoms with Gasteiger partial charge in [-0.1, -0.05) is 6.07 Å². The van der Waals surface area contributed by atoms with Crippen LogP contribution in [0.1, 0.15) is 5.89 Å². The lowest BCUT2D eigenvalue weighted by molar-refractivity contribution is -0.385. The van der Waals surface area contributed by atoms with E-state index in [-0.39, 0.29) is 28.9 Å². The molecule has 0 unspecified atom stereocenters. The van der Waals surface area contributed by atoms with Crippen LogP contribution in [0.4, 0.5) is 5.69 Å². The monoisotopic (exact) mass is 434 g/mol. The quantitative estimate of drug-likeness (QED) is 0.386. The van der Waals surface area contributed by atoms with Crippen LogP contribution in [0, 0.1) is 10.1 Å². The summed E-state index contributed by atoms with van der Waals surface area (Å²) in [5, 5.41) is 18.7. The van der Waals surface area contributed by atoms with Gasteiger partial charge in [-0.05, 0) is 24.3 Å². The number of aromatic nitrogens is 2. The SMILES string of the molecule is COc1ccc(-c2nnc(CN(C)S(=O)(=O)c3cccc([N+](=O)[O-])c3)o2)cc1OC. The van der Waals surface area contributed by atoms with Gasteiger partial charge in [0.05, 0.1) is 30.6 Å². The molecule has 0 bridgehead atoms. The second kappa shape index (κ2) is 8.47. The topological polar surface area (TPSA) is 138 Å². The van der Waals surface area contributed by atoms with Gasteiger partial charge in [-0.2, -0.15) is 4.31 Å². The lowest BCUT2D eigenvalue weighted by Crippen LogP contribution is -2.26. The molecule has 0 saturated heterocycles. The smallest absolute Gasteiger partial charge is 0.270 e. The van der Waals surface area contributed by atoms with Gasteiger partial charge in [0.1, 0.15) is 0 Å². The fraction of sp³-hybridized carbons (Fsp3) is 0.222. The van der Waals surface area contributed by atoms with Gasteiger partial charge in [-0.15, -0.1) is 10.2 Å². The summed E-state index contributed by atoms with van der Waals surface area (Å²) in [7, 11) is 0.319. The van der Waals surface area contributed by atoms with Gasteiger partial charge in [0, 0.05) is 24.7 Å². The minimum atomic E-state index is -4.00. The summed E-state index contributed by atoms with van der Waals surface area (Å²) in [6.45, 7) is -0.217. The van der Waals surface area contributed by atoms with Gasteiger partial charge in [-0.3, -0.25) is 10.1 Å². The Labute approximate surface area is 172 Å². The number of benzene rings is 2. The standard InChI is InChI=1S/C18H18N4O7S/c1-21(30(25,26)14-6-4-5-13(10-14)22(23)24)11-17-19-20-18(29-17)12-7-8-15(27-2)16(9-12)28-3/h4-10H,11H2,1-3H3. The molecule has 0 amide bonds. The third-order valence-corrected chi connectivity index (χ3v) is 5.99. The molecule has 0 saturated carbocycles. The number of non-ortho nitro benzene ring substituents is 1. The van der Waals surface area contributed by atoms with Crippen LogP contribution in [0.15, 0.2) is 51.8 Å². The highest BCUT2D eigenvalue weighted by Crippen LogP contribution is 2.32. The summed E-state index contributed by atoms with van der Waals surface area (Å²) in [5.74, 6) is 1.23. The molecule has 0 fully saturated rings. The number of methoxy groups -OCH3 is 2. The predicted molar refractivity (Wildman–Crippen MR) is 105 cm³/mol. The second-order valence-electron chi connectivity index (χ2n) is 6.09. The summed E-state index contributed by atoms with van der Waals surface area (Å²) < 4.78 is 42.4. The second-order valence-corrected chi connectivity index (χ2v) is 8.13. The van der Waals surface area contributed by atoms with E-state index in [2.05, 4.69) is 10.2 Å². The molecular formula is C18H18N4O7S. The van der Waals surface area contributed by atoms with Crippen molar-refractivity contribution >= 4 is 15.7 Å². The normalized spacial score (nSPS) is 11.5. The molecule has 30 heavy (non-hydrogen) atoms. The molecule has 1 aromatic heterocycles. The molecule has 2 aromatic carbocycles. The average Bonchev–Trinajstić information content (AvgIpc) is 3.21. The largest absolute Gasteiger partial charge is 0.493 e. The van der Waals surface area contributed by atoms with E-state index in [9.17, 15) is 18.5 Å². The van der Waals surface area contributed by atoms with Crippen LogP contribution >= 0.6 is 0 Å². The maximum Gasteiger partial charge on any atom is 0.270 e. The zero-order chi connectivity index (χ0) is 21.9. The summed E-state index contributed by atoms with van der Waals surface area (Å²) in [5.41, 5.74) is 0.244. The van der Waals surface area contributed by atoms with Gasteiger partial charge >= 0.3 is 0 Å². The molecule has 11 nitrogen and oxygen atoms in total. The van der Waals surface area contributed by atoms with Crippen LogP contribution in [0.2, 0.25) is 0 Å². The third-order valence-electron chi connectivity index (χ3n) is 4.19. The van der Waals surface area contributed by atoms with E-state index in [0.29, 0.717) is 17.1 Å². The molecule has 0 spiro atoms. The van der Waals surface area contributed by atoms with Crippen molar-refractivity contribution in [1.82, 2.24) is 14.5 Å². The van der Waals surface area contributed by atoms with E-state index >= 15 is 0 Å². The highest BCUT2D eigenvalue weighted by molar-refractivity contribution is 7.89. The molecule has 0 aliphatic rings. The van der Waals surface area contributed by atoms with Crippen LogP contribution in [0.3, 0.4) is 0 Å². The van der Waals surface area contributed by atoms with Crippen molar-refractivity contribution < 1.29 is 27.2 Å². The summed E-state index contributed by atoms with van der Waals surface area (Å²) in [6, 6.07) is 9.82. The molecular weight excluding hydrogens is 416 g/mol. The molecule has 0 N–H and O–H groups in total. The highest BCUT2D eigenvalue weighted by Gasteiger charge is 2.25. The summed E-state index contributed by atoms with van der Waals surface area (Å²) >= 11 is 0. The molecule has 0 aliphatic carbocycles. The number of nitrogens with zero attached hydrogens (tertiary/aromatic N) is 4. The van der Waals surface area contributed by atoms with Crippen molar-refractivity contribution in [3.05, 3.63) is 58.5 Å². The fourth-order valence-corrected chi connectivity index (χ4v) is 3.78. The van der Waals surface area contributed by atoms with Gasteiger partial charge < -0.3 is 13.9 Å². The Morgan fingerprint density at radius 1 is 1.10 bits per heavy atom. The molecule has 0 radical (unpaired) electrons. The number of hydrogen-bond acceptors (Lipinski definition) is 9. The van der Waals surface area contributed by atoms with Crippen LogP contribution in [0.25, 0.3) is 11.5 Å². The Morgan fingerprint density at radius 3 is 2.50 bits per heavy atom. The Morgan fingerprint density at radius 2 is 1.83 bits per heavy atom. The first kappa shape index (κ1) is 21.2. The number of nitro groups is 1. The summed E-state index contributed by atoms with van der Waals surface area (Å²) in [4.78, 5) is 10.0. The lowest BCUT2D eigenvalue weighted by Gasteiger charge is -2.14. The van der Waals surface area contributed by atoms with E-state index in [0.717, 1.165) is 10.4 Å². The zero-order valence-corrected chi connectivity index (χ0v) is 17.1. The van der Waals surface area contributed by atoms with E-state index in [4.69, 9.17) is 13.9 Å². The molecule has 3 aromatic rings. The number of sulfonamides is 1.